The minimum atomic E-state index is 0.477. The van der Waals surface area contributed by atoms with E-state index in [0.717, 1.165) is 41.2 Å². The predicted molar refractivity (Wildman–Crippen MR) is 83.1 cm³/mol. The van der Waals surface area contributed by atoms with Crippen LogP contribution >= 0.6 is 0 Å². The van der Waals surface area contributed by atoms with Crippen LogP contribution in [-0.4, -0.2) is 22.8 Å². The van der Waals surface area contributed by atoms with E-state index in [1.807, 2.05) is 42.8 Å². The fourth-order valence-corrected chi connectivity index (χ4v) is 2.34. The number of carbonyl (C=O) groups is 1. The first kappa shape index (κ1) is 15.3. The van der Waals surface area contributed by atoms with E-state index in [4.69, 9.17) is 4.74 Å². The molecule has 2 aromatic rings. The van der Waals surface area contributed by atoms with Gasteiger partial charge >= 0.3 is 0 Å². The number of anilines is 1. The Morgan fingerprint density at radius 3 is 2.62 bits per heavy atom. The molecule has 0 aliphatic rings. The molecule has 0 aliphatic carbocycles. The summed E-state index contributed by atoms with van der Waals surface area (Å²) in [6, 6.07) is 7.74. The van der Waals surface area contributed by atoms with E-state index in [1.54, 1.807) is 0 Å². The summed E-state index contributed by atoms with van der Waals surface area (Å²) in [7, 11) is 0. The third-order valence-corrected chi connectivity index (χ3v) is 3.34. The normalized spacial score (nSPS) is 10.6. The Balaban J connectivity index is 2.24. The first-order chi connectivity index (χ1) is 10.2. The van der Waals surface area contributed by atoms with Gasteiger partial charge in [0.25, 0.3) is 0 Å². The summed E-state index contributed by atoms with van der Waals surface area (Å²) in [5.41, 5.74) is 5.04. The molecule has 0 fully saturated rings. The van der Waals surface area contributed by atoms with Gasteiger partial charge in [-0.25, -0.2) is 4.68 Å². The number of ether oxygens (including phenoxy) is 1. The highest BCUT2D eigenvalue weighted by Gasteiger charge is 2.13. The fourth-order valence-electron chi connectivity index (χ4n) is 2.34. The quantitative estimate of drug-likeness (QED) is 0.629. The van der Waals surface area contributed by atoms with Crippen LogP contribution in [-0.2, 0) is 16.3 Å². The smallest absolute Gasteiger partial charge is 0.211 e. The number of benzene rings is 1. The molecule has 0 spiro atoms. The third-order valence-electron chi connectivity index (χ3n) is 3.34. The van der Waals surface area contributed by atoms with Crippen LogP contribution in [0.3, 0.4) is 0 Å². The number of carbonyl (C=O) groups excluding carboxylic acids is 1. The van der Waals surface area contributed by atoms with Crippen molar-refractivity contribution < 1.29 is 9.53 Å². The number of aryl methyl sites for hydroxylation is 1. The average Bonchev–Trinajstić information content (AvgIpc) is 2.75. The van der Waals surface area contributed by atoms with E-state index in [-0.39, 0.29) is 0 Å². The molecule has 1 amide bonds. The standard InChI is InChI=1S/C16H21N3O2/c1-4-9-21-11-19-13(3)16(12(2)18-19)14-5-7-15(8-6-14)17-10-20/h5-8,10H,4,9,11H2,1-3H3,(H,17,20). The van der Waals surface area contributed by atoms with Crippen molar-refractivity contribution in [2.75, 3.05) is 11.9 Å². The molecule has 112 valence electrons. The van der Waals surface area contributed by atoms with Gasteiger partial charge in [-0.15, -0.1) is 0 Å². The van der Waals surface area contributed by atoms with Crippen molar-refractivity contribution in [2.24, 2.45) is 0 Å². The van der Waals surface area contributed by atoms with Gasteiger partial charge in [-0.05, 0) is 38.0 Å². The van der Waals surface area contributed by atoms with Gasteiger partial charge < -0.3 is 10.1 Å². The molecule has 0 saturated carbocycles. The predicted octanol–water partition coefficient (Wildman–Crippen LogP) is 3.12. The number of aromatic nitrogens is 2. The number of hydrogen-bond donors (Lipinski definition) is 1. The zero-order chi connectivity index (χ0) is 15.2. The van der Waals surface area contributed by atoms with Gasteiger partial charge in [0.2, 0.25) is 6.41 Å². The van der Waals surface area contributed by atoms with Crippen LogP contribution in [0.4, 0.5) is 5.69 Å². The Morgan fingerprint density at radius 2 is 2.00 bits per heavy atom. The monoisotopic (exact) mass is 287 g/mol. The molecule has 1 aromatic carbocycles. The topological polar surface area (TPSA) is 56.1 Å². The maximum Gasteiger partial charge on any atom is 0.211 e. The van der Waals surface area contributed by atoms with Crippen molar-refractivity contribution in [3.63, 3.8) is 0 Å². The van der Waals surface area contributed by atoms with E-state index in [1.165, 1.54) is 0 Å². The summed E-state index contributed by atoms with van der Waals surface area (Å²) >= 11 is 0. The molecule has 2 rings (SSSR count). The first-order valence-electron chi connectivity index (χ1n) is 7.09. The van der Waals surface area contributed by atoms with E-state index in [0.29, 0.717) is 13.1 Å². The van der Waals surface area contributed by atoms with E-state index in [2.05, 4.69) is 17.3 Å². The van der Waals surface area contributed by atoms with Crippen molar-refractivity contribution in [3.8, 4) is 11.1 Å². The van der Waals surface area contributed by atoms with Crippen LogP contribution < -0.4 is 5.32 Å². The number of amides is 1. The highest BCUT2D eigenvalue weighted by atomic mass is 16.5. The van der Waals surface area contributed by atoms with Crippen LogP contribution in [0.1, 0.15) is 24.7 Å². The molecular formula is C16H21N3O2. The zero-order valence-corrected chi connectivity index (χ0v) is 12.7. The van der Waals surface area contributed by atoms with E-state index < -0.39 is 0 Å². The Hall–Kier alpha value is -2.14. The summed E-state index contributed by atoms with van der Waals surface area (Å²) in [6.45, 7) is 7.34. The minimum absolute atomic E-state index is 0.477. The molecule has 21 heavy (non-hydrogen) atoms. The van der Waals surface area contributed by atoms with Gasteiger partial charge in [0.1, 0.15) is 6.73 Å². The second-order valence-electron chi connectivity index (χ2n) is 4.92. The van der Waals surface area contributed by atoms with Gasteiger partial charge in [-0.1, -0.05) is 19.1 Å². The molecule has 0 radical (unpaired) electrons. The Labute approximate surface area is 124 Å². The van der Waals surface area contributed by atoms with Gasteiger partial charge in [0.15, 0.2) is 0 Å². The Bertz CT molecular complexity index is 603. The number of nitrogens with zero attached hydrogens (tertiary/aromatic N) is 2. The summed E-state index contributed by atoms with van der Waals surface area (Å²) in [5, 5.41) is 7.17. The lowest BCUT2D eigenvalue weighted by atomic mass is 10.0. The maximum absolute atomic E-state index is 10.4. The lowest BCUT2D eigenvalue weighted by Gasteiger charge is -2.07. The molecular weight excluding hydrogens is 266 g/mol. The number of rotatable bonds is 7. The summed E-state index contributed by atoms with van der Waals surface area (Å²) in [6.07, 6.45) is 1.67. The number of hydrogen-bond acceptors (Lipinski definition) is 3. The van der Waals surface area contributed by atoms with Crippen molar-refractivity contribution in [1.82, 2.24) is 9.78 Å². The molecule has 1 aromatic heterocycles. The molecule has 0 aliphatic heterocycles. The van der Waals surface area contributed by atoms with Crippen molar-refractivity contribution in [1.29, 1.82) is 0 Å². The molecule has 5 nitrogen and oxygen atoms in total. The maximum atomic E-state index is 10.4. The molecule has 0 saturated heterocycles. The van der Waals surface area contributed by atoms with E-state index >= 15 is 0 Å². The van der Waals surface area contributed by atoms with Gasteiger partial charge in [-0.2, -0.15) is 5.10 Å². The fraction of sp³-hybridized carbons (Fsp3) is 0.375. The minimum Gasteiger partial charge on any atom is -0.359 e. The molecule has 1 N–H and O–H groups in total. The number of nitrogens with one attached hydrogen (secondary N) is 1. The van der Waals surface area contributed by atoms with E-state index in [9.17, 15) is 4.79 Å². The van der Waals surface area contributed by atoms with Crippen molar-refractivity contribution in [3.05, 3.63) is 35.7 Å². The van der Waals surface area contributed by atoms with Gasteiger partial charge in [-0.3, -0.25) is 4.79 Å². The molecule has 5 heteroatoms. The molecule has 0 unspecified atom stereocenters. The van der Waals surface area contributed by atoms with Crippen LogP contribution in [0.5, 0.6) is 0 Å². The SMILES string of the molecule is CCCOCn1nc(C)c(-c2ccc(NC=O)cc2)c1C. The van der Waals surface area contributed by atoms with Crippen LogP contribution in [0.25, 0.3) is 11.1 Å². The second-order valence-corrected chi connectivity index (χ2v) is 4.92. The zero-order valence-electron chi connectivity index (χ0n) is 12.7. The second kappa shape index (κ2) is 7.04. The highest BCUT2D eigenvalue weighted by Crippen LogP contribution is 2.28. The summed E-state index contributed by atoms with van der Waals surface area (Å²) in [5.74, 6) is 0. The largest absolute Gasteiger partial charge is 0.359 e. The lowest BCUT2D eigenvalue weighted by molar-refractivity contribution is -0.105. The third kappa shape index (κ3) is 3.49. The Kier molecular flexibility index (Phi) is 5.11. The Morgan fingerprint density at radius 1 is 1.29 bits per heavy atom. The first-order valence-corrected chi connectivity index (χ1v) is 7.09. The average molecular weight is 287 g/mol. The van der Waals surface area contributed by atoms with Crippen molar-refractivity contribution in [2.45, 2.75) is 33.9 Å². The molecule has 1 heterocycles. The van der Waals surface area contributed by atoms with Crippen LogP contribution in [0.2, 0.25) is 0 Å². The highest BCUT2D eigenvalue weighted by molar-refractivity contribution is 5.75. The summed E-state index contributed by atoms with van der Waals surface area (Å²) in [4.78, 5) is 10.4. The molecule has 0 atom stereocenters. The lowest BCUT2D eigenvalue weighted by Crippen LogP contribution is -2.06. The van der Waals surface area contributed by atoms with Gasteiger partial charge in [0.05, 0.1) is 5.69 Å². The van der Waals surface area contributed by atoms with Crippen LogP contribution in [0, 0.1) is 13.8 Å². The van der Waals surface area contributed by atoms with Crippen molar-refractivity contribution >= 4 is 12.1 Å². The molecule has 0 bridgehead atoms. The summed E-state index contributed by atoms with van der Waals surface area (Å²) < 4.78 is 7.44. The van der Waals surface area contributed by atoms with Gasteiger partial charge in [0, 0.05) is 23.6 Å². The van der Waals surface area contributed by atoms with Crippen LogP contribution in [0.15, 0.2) is 24.3 Å².